The Morgan fingerprint density at radius 2 is 1.72 bits per heavy atom. The number of hydrazine groups is 1. The van der Waals surface area contributed by atoms with Gasteiger partial charge >= 0.3 is 5.91 Å². The van der Waals surface area contributed by atoms with Gasteiger partial charge in [0.15, 0.2) is 5.76 Å². The van der Waals surface area contributed by atoms with Crippen molar-refractivity contribution in [3.8, 4) is 0 Å². The van der Waals surface area contributed by atoms with Crippen molar-refractivity contribution in [3.63, 3.8) is 0 Å². The van der Waals surface area contributed by atoms with Gasteiger partial charge < -0.3 is 4.42 Å². The molecule has 0 radical (unpaired) electrons. The molecule has 10 heteroatoms. The predicted molar refractivity (Wildman–Crippen MR) is 103 cm³/mol. The van der Waals surface area contributed by atoms with Gasteiger partial charge in [0.2, 0.25) is 15.9 Å². The number of rotatable bonds is 6. The van der Waals surface area contributed by atoms with E-state index in [1.54, 1.807) is 19.1 Å². The number of furan rings is 1. The van der Waals surface area contributed by atoms with Crippen LogP contribution < -0.4 is 15.6 Å². The first-order valence-electron chi connectivity index (χ1n) is 8.60. The van der Waals surface area contributed by atoms with E-state index in [4.69, 9.17) is 4.42 Å². The number of benzene rings is 2. The lowest BCUT2D eigenvalue weighted by Gasteiger charge is -2.08. The molecule has 2 amide bonds. The molecule has 0 bridgehead atoms. The second-order valence-electron chi connectivity index (χ2n) is 6.16. The zero-order chi connectivity index (χ0) is 21.0. The molecule has 0 atom stereocenters. The highest BCUT2D eigenvalue weighted by molar-refractivity contribution is 7.89. The van der Waals surface area contributed by atoms with Crippen molar-refractivity contribution in [2.24, 2.45) is 0 Å². The molecule has 1 aromatic heterocycles. The van der Waals surface area contributed by atoms with Gasteiger partial charge in [-0.25, -0.2) is 17.5 Å². The molecule has 0 spiro atoms. The molecule has 0 fully saturated rings. The summed E-state index contributed by atoms with van der Waals surface area (Å²) in [6, 6.07) is 11.4. The van der Waals surface area contributed by atoms with E-state index < -0.39 is 27.7 Å². The van der Waals surface area contributed by atoms with Gasteiger partial charge in [-0.15, -0.1) is 0 Å². The topological polar surface area (TPSA) is 118 Å². The summed E-state index contributed by atoms with van der Waals surface area (Å²) in [5.74, 6) is -1.71. The summed E-state index contributed by atoms with van der Waals surface area (Å²) in [7, 11) is -3.87. The van der Waals surface area contributed by atoms with E-state index in [0.29, 0.717) is 11.1 Å². The van der Waals surface area contributed by atoms with Crippen LogP contribution in [0.3, 0.4) is 0 Å². The summed E-state index contributed by atoms with van der Waals surface area (Å²) in [5.41, 5.74) is 5.63. The number of hydrogen-bond acceptors (Lipinski definition) is 5. The molecule has 0 aliphatic carbocycles. The van der Waals surface area contributed by atoms with Crippen molar-refractivity contribution in [2.75, 3.05) is 6.54 Å². The van der Waals surface area contributed by atoms with Crippen molar-refractivity contribution in [1.29, 1.82) is 0 Å². The van der Waals surface area contributed by atoms with Crippen LogP contribution in [0, 0.1) is 12.7 Å². The number of para-hydroxylation sites is 1. The highest BCUT2D eigenvalue weighted by atomic mass is 32.2. The molecule has 0 saturated carbocycles. The first kappa shape index (κ1) is 20.5. The molecule has 0 unspecified atom stereocenters. The van der Waals surface area contributed by atoms with Crippen molar-refractivity contribution in [2.45, 2.75) is 18.2 Å². The van der Waals surface area contributed by atoms with Gasteiger partial charge in [0.25, 0.3) is 0 Å². The van der Waals surface area contributed by atoms with Crippen LogP contribution in [0.1, 0.15) is 22.5 Å². The Hall–Kier alpha value is -3.24. The SMILES string of the molecule is Cc1c(C(=O)NNC(=O)CCNS(=O)(=O)c2ccc(F)cc2)oc2ccccc12. The molecular formula is C19H18FN3O5S. The zero-order valence-electron chi connectivity index (χ0n) is 15.4. The van der Waals surface area contributed by atoms with Crippen molar-refractivity contribution < 1.29 is 26.8 Å². The van der Waals surface area contributed by atoms with E-state index in [1.165, 1.54) is 0 Å². The Bertz CT molecular complexity index is 1160. The summed E-state index contributed by atoms with van der Waals surface area (Å²) < 4.78 is 44.7. The minimum Gasteiger partial charge on any atom is -0.451 e. The lowest BCUT2D eigenvalue weighted by atomic mass is 10.1. The average Bonchev–Trinajstić information content (AvgIpc) is 3.03. The largest absolute Gasteiger partial charge is 0.451 e. The van der Waals surface area contributed by atoms with E-state index in [2.05, 4.69) is 15.6 Å². The van der Waals surface area contributed by atoms with Crippen molar-refractivity contribution in [3.05, 3.63) is 65.7 Å². The van der Waals surface area contributed by atoms with Crippen molar-refractivity contribution >= 4 is 32.8 Å². The molecule has 0 saturated heterocycles. The maximum Gasteiger partial charge on any atom is 0.305 e. The van der Waals surface area contributed by atoms with Crippen LogP contribution in [0.5, 0.6) is 0 Å². The molecule has 8 nitrogen and oxygen atoms in total. The van der Waals surface area contributed by atoms with Gasteiger partial charge in [-0.3, -0.25) is 20.4 Å². The van der Waals surface area contributed by atoms with Crippen LogP contribution in [0.2, 0.25) is 0 Å². The third-order valence-corrected chi connectivity index (χ3v) is 5.61. The fourth-order valence-corrected chi connectivity index (χ4v) is 3.66. The molecular weight excluding hydrogens is 401 g/mol. The third kappa shape index (κ3) is 4.79. The Morgan fingerprint density at radius 3 is 2.41 bits per heavy atom. The van der Waals surface area contributed by atoms with Crippen molar-refractivity contribution in [1.82, 2.24) is 15.6 Å². The zero-order valence-corrected chi connectivity index (χ0v) is 16.2. The van der Waals surface area contributed by atoms with Gasteiger partial charge in [0, 0.05) is 23.9 Å². The summed E-state index contributed by atoms with van der Waals surface area (Å²) in [5, 5.41) is 0.791. The number of sulfonamides is 1. The fraction of sp³-hybridized carbons (Fsp3) is 0.158. The van der Waals surface area contributed by atoms with Gasteiger partial charge in [-0.1, -0.05) is 18.2 Å². The van der Waals surface area contributed by atoms with Crippen LogP contribution in [-0.2, 0) is 14.8 Å². The lowest BCUT2D eigenvalue weighted by Crippen LogP contribution is -2.42. The number of carbonyl (C=O) groups is 2. The summed E-state index contributed by atoms with van der Waals surface area (Å²) >= 11 is 0. The summed E-state index contributed by atoms with van der Waals surface area (Å²) in [4.78, 5) is 24.0. The van der Waals surface area contributed by atoms with E-state index in [-0.39, 0.29) is 23.6 Å². The first-order valence-corrected chi connectivity index (χ1v) is 10.1. The van der Waals surface area contributed by atoms with Gasteiger partial charge in [-0.2, -0.15) is 0 Å². The lowest BCUT2D eigenvalue weighted by molar-refractivity contribution is -0.121. The quantitative estimate of drug-likeness (QED) is 0.529. The number of halogens is 1. The van der Waals surface area contributed by atoms with E-state index in [0.717, 1.165) is 29.7 Å². The molecule has 29 heavy (non-hydrogen) atoms. The predicted octanol–water partition coefficient (Wildman–Crippen LogP) is 2.01. The number of amides is 2. The Kier molecular flexibility index (Phi) is 5.95. The highest BCUT2D eigenvalue weighted by Crippen LogP contribution is 2.24. The first-order chi connectivity index (χ1) is 13.8. The number of fused-ring (bicyclic) bond motifs is 1. The highest BCUT2D eigenvalue weighted by Gasteiger charge is 2.18. The van der Waals surface area contributed by atoms with Crippen LogP contribution in [0.25, 0.3) is 11.0 Å². The minimum atomic E-state index is -3.87. The smallest absolute Gasteiger partial charge is 0.305 e. The molecule has 0 aliphatic heterocycles. The second kappa shape index (κ2) is 8.41. The fourth-order valence-electron chi connectivity index (χ4n) is 2.63. The second-order valence-corrected chi connectivity index (χ2v) is 7.92. The van der Waals surface area contributed by atoms with Crippen LogP contribution in [0.4, 0.5) is 4.39 Å². The number of aryl methyl sites for hydroxylation is 1. The number of nitrogens with one attached hydrogen (secondary N) is 3. The van der Waals surface area contributed by atoms with Crippen LogP contribution in [-0.4, -0.2) is 26.8 Å². The Morgan fingerprint density at radius 1 is 1.03 bits per heavy atom. The maximum absolute atomic E-state index is 12.9. The molecule has 3 N–H and O–H groups in total. The normalized spacial score (nSPS) is 11.4. The molecule has 2 aromatic carbocycles. The standard InChI is InChI=1S/C19H18FN3O5S/c1-12-15-4-2-3-5-16(15)28-18(12)19(25)23-22-17(24)10-11-21-29(26,27)14-8-6-13(20)7-9-14/h2-9,21H,10-11H2,1H3,(H,22,24)(H,23,25). The van der Waals surface area contributed by atoms with Gasteiger partial charge in [-0.05, 0) is 37.3 Å². The maximum atomic E-state index is 12.9. The van der Waals surface area contributed by atoms with E-state index >= 15 is 0 Å². The minimum absolute atomic E-state index is 0.0727. The van der Waals surface area contributed by atoms with Gasteiger partial charge in [0.05, 0.1) is 4.90 Å². The van der Waals surface area contributed by atoms with Crippen LogP contribution >= 0.6 is 0 Å². The Labute approximate surface area is 166 Å². The summed E-state index contributed by atoms with van der Waals surface area (Å²) in [6.45, 7) is 1.53. The Balaban J connectivity index is 1.50. The number of carbonyl (C=O) groups excluding carboxylic acids is 2. The van der Waals surface area contributed by atoms with Crippen LogP contribution in [0.15, 0.2) is 57.8 Å². The third-order valence-electron chi connectivity index (χ3n) is 4.13. The molecule has 152 valence electrons. The van der Waals surface area contributed by atoms with E-state index in [1.807, 2.05) is 12.1 Å². The monoisotopic (exact) mass is 419 g/mol. The van der Waals surface area contributed by atoms with E-state index in [9.17, 15) is 22.4 Å². The molecule has 3 rings (SSSR count). The summed E-state index contributed by atoms with van der Waals surface area (Å²) in [6.07, 6.45) is -0.222. The van der Waals surface area contributed by atoms with Gasteiger partial charge in [0.1, 0.15) is 11.4 Å². The molecule has 3 aromatic rings. The average molecular weight is 419 g/mol. The number of hydrogen-bond donors (Lipinski definition) is 3. The molecule has 1 heterocycles. The molecule has 0 aliphatic rings.